The predicted octanol–water partition coefficient (Wildman–Crippen LogP) is 1.24. The fourth-order valence-electron chi connectivity index (χ4n) is 1.32. The number of anilines is 1. The van der Waals surface area contributed by atoms with Gasteiger partial charge in [-0.1, -0.05) is 0 Å². The topological polar surface area (TPSA) is 104 Å². The van der Waals surface area contributed by atoms with Gasteiger partial charge in [-0.15, -0.1) is 0 Å². The van der Waals surface area contributed by atoms with Gasteiger partial charge < -0.3 is 15.7 Å². The minimum Gasteiger partial charge on any atom is -0.481 e. The molecule has 98 valence electrons. The van der Waals surface area contributed by atoms with E-state index in [9.17, 15) is 9.59 Å². The zero-order chi connectivity index (χ0) is 13.6. The quantitative estimate of drug-likeness (QED) is 0.731. The molecule has 7 nitrogen and oxygen atoms in total. The van der Waals surface area contributed by atoms with Crippen molar-refractivity contribution in [3.63, 3.8) is 0 Å². The lowest BCUT2D eigenvalue weighted by Gasteiger charge is -2.25. The Labute approximate surface area is 105 Å². The van der Waals surface area contributed by atoms with Crippen LogP contribution in [0.5, 0.6) is 0 Å². The van der Waals surface area contributed by atoms with E-state index in [0.29, 0.717) is 12.1 Å². The third-order valence-electron chi connectivity index (χ3n) is 2.23. The van der Waals surface area contributed by atoms with E-state index in [4.69, 9.17) is 5.11 Å². The Morgan fingerprint density at radius 1 is 1.33 bits per heavy atom. The maximum absolute atomic E-state index is 11.6. The average molecular weight is 252 g/mol. The van der Waals surface area contributed by atoms with Crippen LogP contribution in [0.1, 0.15) is 26.7 Å². The van der Waals surface area contributed by atoms with Crippen molar-refractivity contribution in [1.29, 1.82) is 0 Å². The van der Waals surface area contributed by atoms with Gasteiger partial charge in [-0.25, -0.2) is 14.8 Å². The first-order valence-corrected chi connectivity index (χ1v) is 5.45. The maximum Gasteiger partial charge on any atom is 0.319 e. The van der Waals surface area contributed by atoms with Crippen LogP contribution < -0.4 is 10.6 Å². The molecule has 1 aromatic rings. The monoisotopic (exact) mass is 252 g/mol. The summed E-state index contributed by atoms with van der Waals surface area (Å²) in [4.78, 5) is 29.7. The molecule has 0 radical (unpaired) electrons. The van der Waals surface area contributed by atoms with Crippen LogP contribution in [0.4, 0.5) is 10.5 Å². The molecule has 1 aromatic heterocycles. The van der Waals surface area contributed by atoms with E-state index in [1.165, 1.54) is 18.7 Å². The fourth-order valence-corrected chi connectivity index (χ4v) is 1.32. The van der Waals surface area contributed by atoms with Crippen molar-refractivity contribution in [2.75, 3.05) is 5.32 Å². The highest BCUT2D eigenvalue weighted by Crippen LogP contribution is 2.11. The number of aromatic nitrogens is 2. The minimum atomic E-state index is -0.887. The highest BCUT2D eigenvalue weighted by molar-refractivity contribution is 5.89. The van der Waals surface area contributed by atoms with E-state index in [0.717, 1.165) is 0 Å². The molecule has 0 saturated heterocycles. The summed E-state index contributed by atoms with van der Waals surface area (Å²) in [5, 5.41) is 13.9. The van der Waals surface area contributed by atoms with Crippen LogP contribution in [0, 0.1) is 0 Å². The number of nitrogens with one attached hydrogen (secondary N) is 2. The molecule has 0 aliphatic rings. The predicted molar refractivity (Wildman–Crippen MR) is 65.1 cm³/mol. The normalized spacial score (nSPS) is 10.8. The van der Waals surface area contributed by atoms with Crippen LogP contribution in [0.2, 0.25) is 0 Å². The van der Waals surface area contributed by atoms with Crippen molar-refractivity contribution in [3.8, 4) is 0 Å². The van der Waals surface area contributed by atoms with E-state index in [1.807, 2.05) is 0 Å². The zero-order valence-corrected chi connectivity index (χ0v) is 10.3. The SMILES string of the molecule is CC(C)(CCC(=O)O)NC(=O)Nc1cncnc1. The second-order valence-corrected chi connectivity index (χ2v) is 4.48. The molecule has 7 heteroatoms. The number of urea groups is 1. The molecule has 0 saturated carbocycles. The van der Waals surface area contributed by atoms with Crippen LogP contribution in [-0.4, -0.2) is 32.6 Å². The Bertz CT molecular complexity index is 420. The summed E-state index contributed by atoms with van der Waals surface area (Å²) in [6, 6.07) is -0.416. The Morgan fingerprint density at radius 2 is 1.94 bits per heavy atom. The molecule has 0 fully saturated rings. The number of carboxylic acids is 1. The van der Waals surface area contributed by atoms with Crippen LogP contribution in [-0.2, 0) is 4.79 Å². The molecule has 18 heavy (non-hydrogen) atoms. The first-order chi connectivity index (χ1) is 8.39. The van der Waals surface area contributed by atoms with Crippen molar-refractivity contribution in [1.82, 2.24) is 15.3 Å². The molecule has 0 aliphatic carbocycles. The molecule has 0 atom stereocenters. The number of rotatable bonds is 5. The molecule has 0 spiro atoms. The summed E-state index contributed by atoms with van der Waals surface area (Å²) < 4.78 is 0. The van der Waals surface area contributed by atoms with E-state index in [2.05, 4.69) is 20.6 Å². The van der Waals surface area contributed by atoms with Gasteiger partial charge in [0.1, 0.15) is 6.33 Å². The Hall–Kier alpha value is -2.18. The summed E-state index contributed by atoms with van der Waals surface area (Å²) in [6.07, 6.45) is 4.65. The van der Waals surface area contributed by atoms with Crippen molar-refractivity contribution in [3.05, 3.63) is 18.7 Å². The smallest absolute Gasteiger partial charge is 0.319 e. The standard InChI is InChI=1S/C11H16N4O3/c1-11(2,4-3-9(16)17)15-10(18)14-8-5-12-7-13-6-8/h5-7H,3-4H2,1-2H3,(H,16,17)(H2,14,15,18). The van der Waals surface area contributed by atoms with Crippen molar-refractivity contribution in [2.24, 2.45) is 0 Å². The first kappa shape index (κ1) is 13.9. The van der Waals surface area contributed by atoms with Gasteiger partial charge in [0.25, 0.3) is 0 Å². The van der Waals surface area contributed by atoms with Gasteiger partial charge in [0.05, 0.1) is 18.1 Å². The number of carboxylic acid groups (broad SMARTS) is 1. The van der Waals surface area contributed by atoms with Gasteiger partial charge in [0.15, 0.2) is 0 Å². The van der Waals surface area contributed by atoms with Crippen molar-refractivity contribution in [2.45, 2.75) is 32.2 Å². The summed E-state index contributed by atoms with van der Waals surface area (Å²) in [5.74, 6) is -0.887. The van der Waals surface area contributed by atoms with Crippen LogP contribution in [0.3, 0.4) is 0 Å². The van der Waals surface area contributed by atoms with E-state index >= 15 is 0 Å². The molecule has 3 N–H and O–H groups in total. The molecule has 0 aliphatic heterocycles. The van der Waals surface area contributed by atoms with Crippen LogP contribution in [0.15, 0.2) is 18.7 Å². The van der Waals surface area contributed by atoms with Gasteiger partial charge in [-0.3, -0.25) is 4.79 Å². The highest BCUT2D eigenvalue weighted by Gasteiger charge is 2.21. The average Bonchev–Trinajstić information content (AvgIpc) is 2.27. The Morgan fingerprint density at radius 3 is 2.50 bits per heavy atom. The van der Waals surface area contributed by atoms with Crippen LogP contribution in [0.25, 0.3) is 0 Å². The summed E-state index contributed by atoms with van der Waals surface area (Å²) >= 11 is 0. The molecule has 0 aromatic carbocycles. The van der Waals surface area contributed by atoms with E-state index in [-0.39, 0.29) is 6.42 Å². The number of carbonyl (C=O) groups excluding carboxylic acids is 1. The number of amides is 2. The molecule has 0 bridgehead atoms. The molecule has 0 unspecified atom stereocenters. The van der Waals surface area contributed by atoms with Crippen LogP contribution >= 0.6 is 0 Å². The van der Waals surface area contributed by atoms with Gasteiger partial charge in [-0.05, 0) is 20.3 Å². The minimum absolute atomic E-state index is 0.00171. The highest BCUT2D eigenvalue weighted by atomic mass is 16.4. The first-order valence-electron chi connectivity index (χ1n) is 5.45. The third-order valence-corrected chi connectivity index (χ3v) is 2.23. The summed E-state index contributed by atoms with van der Waals surface area (Å²) in [6.45, 7) is 3.52. The molecular weight excluding hydrogens is 236 g/mol. The van der Waals surface area contributed by atoms with E-state index in [1.54, 1.807) is 13.8 Å². The zero-order valence-electron chi connectivity index (χ0n) is 10.3. The van der Waals surface area contributed by atoms with Gasteiger partial charge in [0, 0.05) is 12.0 Å². The number of hydrogen-bond acceptors (Lipinski definition) is 4. The number of hydrogen-bond donors (Lipinski definition) is 3. The lowest BCUT2D eigenvalue weighted by atomic mass is 9.99. The Balaban J connectivity index is 2.46. The Kier molecular flexibility index (Phi) is 4.59. The number of nitrogens with zero attached hydrogens (tertiary/aromatic N) is 2. The van der Waals surface area contributed by atoms with Gasteiger partial charge in [-0.2, -0.15) is 0 Å². The second kappa shape index (κ2) is 5.95. The van der Waals surface area contributed by atoms with Gasteiger partial charge >= 0.3 is 12.0 Å². The lowest BCUT2D eigenvalue weighted by molar-refractivity contribution is -0.137. The van der Waals surface area contributed by atoms with Crippen molar-refractivity contribution < 1.29 is 14.7 Å². The lowest BCUT2D eigenvalue weighted by Crippen LogP contribution is -2.45. The largest absolute Gasteiger partial charge is 0.481 e. The van der Waals surface area contributed by atoms with E-state index < -0.39 is 17.5 Å². The second-order valence-electron chi connectivity index (χ2n) is 4.48. The third kappa shape index (κ3) is 5.24. The summed E-state index contributed by atoms with van der Waals surface area (Å²) in [5.41, 5.74) is -0.123. The summed E-state index contributed by atoms with van der Waals surface area (Å²) in [7, 11) is 0. The molecule has 1 heterocycles. The van der Waals surface area contributed by atoms with Crippen molar-refractivity contribution >= 4 is 17.7 Å². The molecule has 2 amide bonds. The number of aliphatic carboxylic acids is 1. The fraction of sp³-hybridized carbons (Fsp3) is 0.455. The van der Waals surface area contributed by atoms with Gasteiger partial charge in [0.2, 0.25) is 0 Å². The number of carbonyl (C=O) groups is 2. The molecule has 1 rings (SSSR count). The molecular formula is C11H16N4O3. The maximum atomic E-state index is 11.6.